The molecule has 6 heteroatoms. The van der Waals surface area contributed by atoms with Crippen LogP contribution < -0.4 is 10.2 Å². The smallest absolute Gasteiger partial charge is 0.124 e. The van der Waals surface area contributed by atoms with Crippen LogP contribution in [0.1, 0.15) is 16.8 Å². The number of H-pyrrole nitrogens is 1. The van der Waals surface area contributed by atoms with Gasteiger partial charge in [0.05, 0.1) is 11.3 Å². The van der Waals surface area contributed by atoms with Crippen molar-refractivity contribution < 1.29 is 0 Å². The van der Waals surface area contributed by atoms with Gasteiger partial charge in [0.1, 0.15) is 11.9 Å². The third kappa shape index (κ3) is 3.89. The summed E-state index contributed by atoms with van der Waals surface area (Å²) in [6.07, 6.45) is 9.30. The molecule has 0 atom stereocenters. The maximum atomic E-state index is 9.53. The number of aromatic nitrogens is 3. The first kappa shape index (κ1) is 17.0. The number of nitrogens with one attached hydrogen (secondary N) is 2. The van der Waals surface area contributed by atoms with Gasteiger partial charge in [0.15, 0.2) is 0 Å². The molecule has 0 bridgehead atoms. The highest BCUT2D eigenvalue weighted by molar-refractivity contribution is 5.73. The number of rotatable bonds is 4. The average Bonchev–Trinajstić information content (AvgIpc) is 3.18. The molecule has 0 saturated carbocycles. The number of nitriles is 1. The van der Waals surface area contributed by atoms with Crippen LogP contribution in [0.15, 0.2) is 48.9 Å². The van der Waals surface area contributed by atoms with E-state index in [4.69, 9.17) is 0 Å². The van der Waals surface area contributed by atoms with Gasteiger partial charge in [-0.25, -0.2) is 0 Å². The third-order valence-corrected chi connectivity index (χ3v) is 4.57. The van der Waals surface area contributed by atoms with Gasteiger partial charge in [-0.05, 0) is 35.9 Å². The maximum absolute atomic E-state index is 9.53. The summed E-state index contributed by atoms with van der Waals surface area (Å²) in [6.45, 7) is 3.64. The van der Waals surface area contributed by atoms with Crippen LogP contribution in [-0.4, -0.2) is 41.1 Å². The number of hydrogen-bond donors (Lipinski definition) is 2. The fraction of sp³-hybridized carbons (Fsp3) is 0.190. The fourth-order valence-electron chi connectivity index (χ4n) is 3.19. The van der Waals surface area contributed by atoms with Crippen molar-refractivity contribution in [2.45, 2.75) is 0 Å². The van der Waals surface area contributed by atoms with E-state index in [0.29, 0.717) is 5.56 Å². The quantitative estimate of drug-likeness (QED) is 0.751. The molecule has 1 fully saturated rings. The SMILES string of the molecule is N#Cc1cc(-c2ccnc(C=Cc3cccnc3)c2)[nH]c1N1CCNCC1. The second kappa shape index (κ2) is 7.85. The van der Waals surface area contributed by atoms with E-state index in [1.807, 2.05) is 48.7 Å². The summed E-state index contributed by atoms with van der Waals surface area (Å²) < 4.78 is 0. The van der Waals surface area contributed by atoms with Gasteiger partial charge in [-0.15, -0.1) is 0 Å². The summed E-state index contributed by atoms with van der Waals surface area (Å²) in [7, 11) is 0. The summed E-state index contributed by atoms with van der Waals surface area (Å²) in [5, 5.41) is 12.9. The van der Waals surface area contributed by atoms with Gasteiger partial charge in [0.2, 0.25) is 0 Å². The predicted octanol–water partition coefficient (Wildman–Crippen LogP) is 2.92. The van der Waals surface area contributed by atoms with Crippen LogP contribution in [0, 0.1) is 11.3 Å². The number of aromatic amines is 1. The topological polar surface area (TPSA) is 80.6 Å². The molecule has 4 rings (SSSR count). The molecule has 1 aliphatic heterocycles. The molecule has 0 aromatic carbocycles. The minimum atomic E-state index is 0.677. The molecule has 4 heterocycles. The number of piperazine rings is 1. The van der Waals surface area contributed by atoms with E-state index in [0.717, 1.165) is 54.5 Å². The summed E-state index contributed by atoms with van der Waals surface area (Å²) in [6, 6.07) is 12.1. The Morgan fingerprint density at radius 1 is 1.11 bits per heavy atom. The molecule has 0 amide bonds. The van der Waals surface area contributed by atoms with E-state index < -0.39 is 0 Å². The van der Waals surface area contributed by atoms with Crippen molar-refractivity contribution in [2.75, 3.05) is 31.1 Å². The van der Waals surface area contributed by atoms with Crippen molar-refractivity contribution in [3.8, 4) is 17.3 Å². The van der Waals surface area contributed by atoms with Gasteiger partial charge < -0.3 is 15.2 Å². The summed E-state index contributed by atoms with van der Waals surface area (Å²) in [5.74, 6) is 0.901. The zero-order valence-corrected chi connectivity index (χ0v) is 14.9. The van der Waals surface area contributed by atoms with Gasteiger partial charge in [-0.2, -0.15) is 5.26 Å². The van der Waals surface area contributed by atoms with Crippen molar-refractivity contribution in [3.05, 3.63) is 65.7 Å². The lowest BCUT2D eigenvalue weighted by Gasteiger charge is -2.28. The summed E-state index contributed by atoms with van der Waals surface area (Å²) in [4.78, 5) is 14.2. The lowest BCUT2D eigenvalue weighted by atomic mass is 10.1. The second-order valence-corrected chi connectivity index (χ2v) is 6.38. The molecule has 0 aliphatic carbocycles. The molecule has 0 radical (unpaired) electrons. The van der Waals surface area contributed by atoms with Crippen LogP contribution in [0.25, 0.3) is 23.4 Å². The molecule has 6 nitrogen and oxygen atoms in total. The van der Waals surface area contributed by atoms with Crippen LogP contribution in [0.5, 0.6) is 0 Å². The first-order valence-electron chi connectivity index (χ1n) is 8.97. The van der Waals surface area contributed by atoms with Crippen LogP contribution in [0.4, 0.5) is 5.82 Å². The molecule has 27 heavy (non-hydrogen) atoms. The average molecular weight is 356 g/mol. The Kier molecular flexibility index (Phi) is 4.95. The summed E-state index contributed by atoms with van der Waals surface area (Å²) in [5.41, 5.74) is 4.49. The largest absolute Gasteiger partial charge is 0.355 e. The predicted molar refractivity (Wildman–Crippen MR) is 107 cm³/mol. The van der Waals surface area contributed by atoms with Crippen molar-refractivity contribution in [3.63, 3.8) is 0 Å². The van der Waals surface area contributed by atoms with Crippen LogP contribution in [-0.2, 0) is 0 Å². The molecule has 3 aromatic rings. The molecular formula is C21H20N6. The van der Waals surface area contributed by atoms with E-state index in [1.165, 1.54) is 0 Å². The van der Waals surface area contributed by atoms with Crippen LogP contribution in [0.2, 0.25) is 0 Å². The highest BCUT2D eigenvalue weighted by Gasteiger charge is 2.17. The van der Waals surface area contributed by atoms with Crippen molar-refractivity contribution in [2.24, 2.45) is 0 Å². The number of anilines is 1. The normalized spacial score (nSPS) is 14.4. The second-order valence-electron chi connectivity index (χ2n) is 6.38. The van der Waals surface area contributed by atoms with Gasteiger partial charge >= 0.3 is 0 Å². The molecule has 2 N–H and O–H groups in total. The third-order valence-electron chi connectivity index (χ3n) is 4.57. The zero-order chi connectivity index (χ0) is 18.5. The number of nitrogens with zero attached hydrogens (tertiary/aromatic N) is 4. The standard InChI is InChI=1S/C21H20N6/c22-14-18-13-20(26-21(18)27-10-8-23-9-11-27)17-5-7-25-19(12-17)4-3-16-2-1-6-24-15-16/h1-7,12-13,15,23,26H,8-11H2. The summed E-state index contributed by atoms with van der Waals surface area (Å²) >= 11 is 0. The van der Waals surface area contributed by atoms with E-state index in [-0.39, 0.29) is 0 Å². The van der Waals surface area contributed by atoms with Gasteiger partial charge in [-0.1, -0.05) is 12.1 Å². The fourth-order valence-corrected chi connectivity index (χ4v) is 3.19. The van der Waals surface area contributed by atoms with Gasteiger partial charge in [-0.3, -0.25) is 9.97 Å². The molecule has 134 valence electrons. The monoisotopic (exact) mass is 356 g/mol. The Morgan fingerprint density at radius 3 is 2.78 bits per heavy atom. The van der Waals surface area contributed by atoms with E-state index in [1.54, 1.807) is 12.4 Å². The first-order chi connectivity index (χ1) is 13.3. The first-order valence-corrected chi connectivity index (χ1v) is 8.97. The number of hydrogen-bond acceptors (Lipinski definition) is 5. The van der Waals surface area contributed by atoms with Crippen LogP contribution in [0.3, 0.4) is 0 Å². The molecule has 1 aliphatic rings. The Bertz CT molecular complexity index is 977. The Balaban J connectivity index is 1.61. The Labute approximate surface area is 158 Å². The van der Waals surface area contributed by atoms with E-state index in [9.17, 15) is 5.26 Å². The number of pyridine rings is 2. The van der Waals surface area contributed by atoms with Gasteiger partial charge in [0.25, 0.3) is 0 Å². The Morgan fingerprint density at radius 2 is 2.00 bits per heavy atom. The maximum Gasteiger partial charge on any atom is 0.124 e. The lowest BCUT2D eigenvalue weighted by Crippen LogP contribution is -2.44. The molecule has 1 saturated heterocycles. The lowest BCUT2D eigenvalue weighted by molar-refractivity contribution is 0.585. The zero-order valence-electron chi connectivity index (χ0n) is 14.9. The molecule has 3 aromatic heterocycles. The molecular weight excluding hydrogens is 336 g/mol. The minimum absolute atomic E-state index is 0.677. The van der Waals surface area contributed by atoms with Crippen molar-refractivity contribution >= 4 is 18.0 Å². The highest BCUT2D eigenvalue weighted by atomic mass is 15.2. The van der Waals surface area contributed by atoms with Crippen molar-refractivity contribution in [1.29, 1.82) is 5.26 Å². The van der Waals surface area contributed by atoms with Crippen LogP contribution >= 0.6 is 0 Å². The van der Waals surface area contributed by atoms with Gasteiger partial charge in [0, 0.05) is 56.0 Å². The van der Waals surface area contributed by atoms with E-state index in [2.05, 4.69) is 31.2 Å². The van der Waals surface area contributed by atoms with Crippen molar-refractivity contribution in [1.82, 2.24) is 20.3 Å². The molecule has 0 spiro atoms. The highest BCUT2D eigenvalue weighted by Crippen LogP contribution is 2.27. The minimum Gasteiger partial charge on any atom is -0.355 e. The Hall–Kier alpha value is -3.43. The molecule has 0 unspecified atom stereocenters. The van der Waals surface area contributed by atoms with E-state index >= 15 is 0 Å².